The third-order valence-electron chi connectivity index (χ3n) is 4.30. The van der Waals surface area contributed by atoms with Crippen LogP contribution in [-0.2, 0) is 4.74 Å². The second kappa shape index (κ2) is 8.36. The fourth-order valence-electron chi connectivity index (χ4n) is 3.04. The summed E-state index contributed by atoms with van der Waals surface area (Å²) in [6.07, 6.45) is -4.43. The molecule has 1 amide bonds. The third-order valence-corrected chi connectivity index (χ3v) is 4.30. The molecule has 0 saturated carbocycles. The van der Waals surface area contributed by atoms with Gasteiger partial charge in [-0.3, -0.25) is 0 Å². The van der Waals surface area contributed by atoms with Gasteiger partial charge in [-0.2, -0.15) is 0 Å². The summed E-state index contributed by atoms with van der Waals surface area (Å²) >= 11 is 0. The highest BCUT2D eigenvalue weighted by atomic mass is 19.4. The van der Waals surface area contributed by atoms with Crippen molar-refractivity contribution in [1.82, 2.24) is 4.90 Å². The normalized spacial score (nSPS) is 20.5. The maximum Gasteiger partial charge on any atom is 0.573 e. The number of ether oxygens (including phenoxy) is 3. The fourth-order valence-corrected chi connectivity index (χ4v) is 3.04. The average Bonchev–Trinajstić information content (AvgIpc) is 2.54. The van der Waals surface area contributed by atoms with Crippen molar-refractivity contribution in [3.8, 4) is 11.5 Å². The van der Waals surface area contributed by atoms with Crippen molar-refractivity contribution in [1.29, 1.82) is 0 Å². The quantitative estimate of drug-likeness (QED) is 0.792. The largest absolute Gasteiger partial charge is 0.573 e. The number of carbonyl (C=O) groups is 1. The van der Waals surface area contributed by atoms with Gasteiger partial charge >= 0.3 is 12.5 Å². The molecule has 0 bridgehead atoms. The zero-order valence-corrected chi connectivity index (χ0v) is 16.7. The Morgan fingerprint density at radius 1 is 1.25 bits per heavy atom. The number of likely N-dealkylation sites (tertiary alicyclic amines) is 1. The van der Waals surface area contributed by atoms with E-state index in [1.165, 1.54) is 25.3 Å². The van der Waals surface area contributed by atoms with E-state index in [0.29, 0.717) is 25.2 Å². The lowest BCUT2D eigenvalue weighted by Gasteiger charge is -2.38. The molecule has 9 heteroatoms. The van der Waals surface area contributed by atoms with Crippen LogP contribution in [-0.4, -0.2) is 49.2 Å². The Hall–Kier alpha value is -2.32. The van der Waals surface area contributed by atoms with E-state index >= 15 is 0 Å². The molecule has 1 aliphatic rings. The van der Waals surface area contributed by atoms with Crippen molar-refractivity contribution >= 4 is 11.8 Å². The molecule has 0 spiro atoms. The number of nitrogens with one attached hydrogen (secondary N) is 1. The average molecular weight is 404 g/mol. The molecule has 0 aromatic heterocycles. The van der Waals surface area contributed by atoms with Crippen molar-refractivity contribution in [3.63, 3.8) is 0 Å². The van der Waals surface area contributed by atoms with E-state index in [4.69, 9.17) is 9.47 Å². The van der Waals surface area contributed by atoms with Gasteiger partial charge in [-0.25, -0.2) is 4.79 Å². The highest BCUT2D eigenvalue weighted by Crippen LogP contribution is 2.34. The summed E-state index contributed by atoms with van der Waals surface area (Å²) in [5.41, 5.74) is 0.0165. The standard InChI is InChI=1S/C19H27F3N2O4/c1-12-11-24(17(25)28-18(2,3)4)9-8-14(12)23-15-7-6-13(10-16(15)26-5)27-19(20,21)22/h6-7,10,12,14,23H,8-9,11H2,1-5H3. The molecule has 158 valence electrons. The van der Waals surface area contributed by atoms with Crippen LogP contribution in [0.15, 0.2) is 18.2 Å². The van der Waals surface area contributed by atoms with Crippen LogP contribution in [0.1, 0.15) is 34.1 Å². The van der Waals surface area contributed by atoms with Crippen LogP contribution in [0.4, 0.5) is 23.7 Å². The maximum atomic E-state index is 12.4. The van der Waals surface area contributed by atoms with Gasteiger partial charge in [0.25, 0.3) is 0 Å². The first-order valence-electron chi connectivity index (χ1n) is 9.06. The maximum absolute atomic E-state index is 12.4. The smallest absolute Gasteiger partial charge is 0.494 e. The van der Waals surface area contributed by atoms with E-state index in [1.54, 1.807) is 4.90 Å². The summed E-state index contributed by atoms with van der Waals surface area (Å²) in [6.45, 7) is 8.50. The molecule has 2 atom stereocenters. The molecule has 0 aliphatic carbocycles. The van der Waals surface area contributed by atoms with Crippen molar-refractivity contribution in [2.24, 2.45) is 5.92 Å². The zero-order chi connectivity index (χ0) is 21.1. The minimum Gasteiger partial charge on any atom is -0.494 e. The fraction of sp³-hybridized carbons (Fsp3) is 0.632. The van der Waals surface area contributed by atoms with Crippen LogP contribution >= 0.6 is 0 Å². The van der Waals surface area contributed by atoms with Crippen molar-refractivity contribution in [2.45, 2.75) is 52.1 Å². The van der Waals surface area contributed by atoms with E-state index in [-0.39, 0.29) is 29.6 Å². The van der Waals surface area contributed by atoms with E-state index in [9.17, 15) is 18.0 Å². The van der Waals surface area contributed by atoms with Gasteiger partial charge < -0.3 is 24.4 Å². The molecule has 1 aliphatic heterocycles. The lowest BCUT2D eigenvalue weighted by molar-refractivity contribution is -0.274. The number of amides is 1. The van der Waals surface area contributed by atoms with Gasteiger partial charge in [0.2, 0.25) is 0 Å². The number of rotatable bonds is 4. The lowest BCUT2D eigenvalue weighted by atomic mass is 9.93. The number of methoxy groups -OCH3 is 1. The first kappa shape index (κ1) is 22.0. The molecule has 1 N–H and O–H groups in total. The van der Waals surface area contributed by atoms with Crippen LogP contribution in [0.3, 0.4) is 0 Å². The Balaban J connectivity index is 2.02. The Labute approximate surface area is 162 Å². The molecule has 1 aromatic carbocycles. The van der Waals surface area contributed by atoms with Gasteiger partial charge in [-0.05, 0) is 45.2 Å². The van der Waals surface area contributed by atoms with E-state index in [0.717, 1.165) is 0 Å². The summed E-state index contributed by atoms with van der Waals surface area (Å²) in [4.78, 5) is 13.9. The van der Waals surface area contributed by atoms with Gasteiger partial charge in [0.05, 0.1) is 12.8 Å². The Morgan fingerprint density at radius 2 is 1.93 bits per heavy atom. The van der Waals surface area contributed by atoms with Gasteiger partial charge in [-0.15, -0.1) is 13.2 Å². The molecule has 2 unspecified atom stereocenters. The summed E-state index contributed by atoms with van der Waals surface area (Å²) < 4.78 is 51.7. The second-order valence-electron chi connectivity index (χ2n) is 7.85. The van der Waals surface area contributed by atoms with Crippen LogP contribution in [0.2, 0.25) is 0 Å². The van der Waals surface area contributed by atoms with Crippen LogP contribution in [0.5, 0.6) is 11.5 Å². The number of benzene rings is 1. The van der Waals surface area contributed by atoms with Crippen molar-refractivity contribution in [3.05, 3.63) is 18.2 Å². The van der Waals surface area contributed by atoms with E-state index in [1.807, 2.05) is 27.7 Å². The monoisotopic (exact) mass is 404 g/mol. The molecule has 28 heavy (non-hydrogen) atoms. The SMILES string of the molecule is COc1cc(OC(F)(F)F)ccc1NC1CCN(C(=O)OC(C)(C)C)CC1C. The van der Waals surface area contributed by atoms with Gasteiger partial charge in [0.15, 0.2) is 0 Å². The molecule has 1 aromatic rings. The van der Waals surface area contributed by atoms with Crippen molar-refractivity contribution in [2.75, 3.05) is 25.5 Å². The Morgan fingerprint density at radius 3 is 2.46 bits per heavy atom. The van der Waals surface area contributed by atoms with Gasteiger partial charge in [0, 0.05) is 25.2 Å². The predicted octanol–water partition coefficient (Wildman–Crippen LogP) is 4.65. The Bertz CT molecular complexity index is 689. The van der Waals surface area contributed by atoms with Crippen LogP contribution in [0, 0.1) is 5.92 Å². The minimum atomic E-state index is -4.76. The van der Waals surface area contributed by atoms with Crippen LogP contribution < -0.4 is 14.8 Å². The molecule has 0 radical (unpaired) electrons. The van der Waals surface area contributed by atoms with Gasteiger partial charge in [-0.1, -0.05) is 6.92 Å². The number of anilines is 1. The molecule has 1 heterocycles. The molecule has 2 rings (SSSR count). The molecular weight excluding hydrogens is 377 g/mol. The van der Waals surface area contributed by atoms with Gasteiger partial charge in [0.1, 0.15) is 17.1 Å². The number of carbonyl (C=O) groups excluding carboxylic acids is 1. The predicted molar refractivity (Wildman–Crippen MR) is 98.7 cm³/mol. The Kier molecular flexibility index (Phi) is 6.56. The number of hydrogen-bond acceptors (Lipinski definition) is 5. The number of alkyl halides is 3. The molecular formula is C19H27F3N2O4. The first-order valence-corrected chi connectivity index (χ1v) is 9.06. The molecule has 6 nitrogen and oxygen atoms in total. The van der Waals surface area contributed by atoms with Crippen LogP contribution in [0.25, 0.3) is 0 Å². The number of nitrogens with zero attached hydrogens (tertiary/aromatic N) is 1. The molecule has 1 fully saturated rings. The van der Waals surface area contributed by atoms with Crippen molar-refractivity contribution < 1.29 is 32.2 Å². The summed E-state index contributed by atoms with van der Waals surface area (Å²) in [7, 11) is 1.38. The topological polar surface area (TPSA) is 60.0 Å². The summed E-state index contributed by atoms with van der Waals surface area (Å²) in [5, 5.41) is 3.31. The summed E-state index contributed by atoms with van der Waals surface area (Å²) in [5.74, 6) is 0.0169. The molecule has 1 saturated heterocycles. The third kappa shape index (κ3) is 6.38. The zero-order valence-electron chi connectivity index (χ0n) is 16.7. The number of hydrogen-bond donors (Lipinski definition) is 1. The second-order valence-corrected chi connectivity index (χ2v) is 7.85. The lowest BCUT2D eigenvalue weighted by Crippen LogP contribution is -2.49. The summed E-state index contributed by atoms with van der Waals surface area (Å²) in [6, 6.07) is 3.95. The minimum absolute atomic E-state index is 0.0296. The number of halogens is 3. The van der Waals surface area contributed by atoms with E-state index in [2.05, 4.69) is 10.1 Å². The first-order chi connectivity index (χ1) is 12.9. The van der Waals surface area contributed by atoms with E-state index < -0.39 is 12.0 Å². The highest BCUT2D eigenvalue weighted by molar-refractivity contribution is 5.68. The highest BCUT2D eigenvalue weighted by Gasteiger charge is 2.33. The number of piperidine rings is 1.